The summed E-state index contributed by atoms with van der Waals surface area (Å²) in [5.41, 5.74) is 0.907. The molecule has 1 aliphatic rings. The zero-order chi connectivity index (χ0) is 22.3. The number of hydrogen-bond donors (Lipinski definition) is 1. The summed E-state index contributed by atoms with van der Waals surface area (Å²) >= 11 is 13.1. The minimum absolute atomic E-state index is 0.235. The van der Waals surface area contributed by atoms with E-state index in [4.69, 9.17) is 32.7 Å². The van der Waals surface area contributed by atoms with E-state index in [2.05, 4.69) is 22.2 Å². The molecule has 2 heterocycles. The molecule has 0 bridgehead atoms. The number of halogens is 2. The number of aryl methyl sites for hydroxylation is 1. The van der Waals surface area contributed by atoms with Crippen LogP contribution in [0.3, 0.4) is 0 Å². The molecule has 9 heteroatoms. The van der Waals surface area contributed by atoms with Gasteiger partial charge >= 0.3 is 0 Å². The lowest BCUT2D eigenvalue weighted by Gasteiger charge is -2.18. The maximum atomic E-state index is 13.3. The molecule has 0 amide bonds. The fraction of sp³-hybridized carbons (Fsp3) is 0.409. The first-order valence-corrected chi connectivity index (χ1v) is 10.8. The highest BCUT2D eigenvalue weighted by molar-refractivity contribution is 6.41. The molecular weight excluding hydrogens is 439 g/mol. The summed E-state index contributed by atoms with van der Waals surface area (Å²) < 4.78 is 12.2. The summed E-state index contributed by atoms with van der Waals surface area (Å²) in [5, 5.41) is 4.57. The maximum Gasteiger partial charge on any atom is 0.259 e. The Kier molecular flexibility index (Phi) is 5.99. The molecule has 2 aromatic heterocycles. The maximum absolute atomic E-state index is 13.3. The van der Waals surface area contributed by atoms with E-state index in [1.54, 1.807) is 25.4 Å². The molecule has 164 valence electrons. The molecule has 1 aromatic carbocycles. The van der Waals surface area contributed by atoms with E-state index < -0.39 is 0 Å². The molecule has 1 N–H and O–H groups in total. The number of fused-ring (bicyclic) bond motifs is 1. The van der Waals surface area contributed by atoms with Crippen LogP contribution in [0, 0.1) is 5.92 Å². The van der Waals surface area contributed by atoms with Crippen LogP contribution >= 0.6 is 23.2 Å². The Balaban J connectivity index is 1.85. The highest BCUT2D eigenvalue weighted by Crippen LogP contribution is 2.45. The second-order valence-corrected chi connectivity index (χ2v) is 8.59. The zero-order valence-corrected chi connectivity index (χ0v) is 19.3. The Morgan fingerprint density at radius 3 is 2.39 bits per heavy atom. The molecule has 4 rings (SSSR count). The second-order valence-electron chi connectivity index (χ2n) is 7.84. The molecule has 1 aliphatic carbocycles. The third-order valence-corrected chi connectivity index (χ3v) is 6.72. The summed E-state index contributed by atoms with van der Waals surface area (Å²) in [6, 6.07) is 3.63. The average molecular weight is 463 g/mol. The van der Waals surface area contributed by atoms with Gasteiger partial charge in [-0.1, -0.05) is 36.5 Å². The van der Waals surface area contributed by atoms with Crippen LogP contribution in [0.5, 0.6) is 11.5 Å². The van der Waals surface area contributed by atoms with Crippen molar-refractivity contribution < 1.29 is 9.47 Å². The summed E-state index contributed by atoms with van der Waals surface area (Å²) in [6.07, 6.45) is 5.18. The SMILES string of the molecule is COc1cc(OC)c(Cl)c(-c2cc3cnc(N[C@@H]4CCC[C@@H]4C)nc3n(C)c2=O)c1Cl. The Morgan fingerprint density at radius 2 is 1.81 bits per heavy atom. The Hall–Kier alpha value is -2.51. The van der Waals surface area contributed by atoms with Gasteiger partial charge in [-0.3, -0.25) is 9.36 Å². The predicted octanol–water partition coefficient (Wildman–Crippen LogP) is 4.92. The molecule has 2 atom stereocenters. The van der Waals surface area contributed by atoms with E-state index in [1.165, 1.54) is 31.6 Å². The number of rotatable bonds is 5. The van der Waals surface area contributed by atoms with Gasteiger partial charge in [0.15, 0.2) is 0 Å². The molecule has 0 unspecified atom stereocenters. The smallest absolute Gasteiger partial charge is 0.259 e. The van der Waals surface area contributed by atoms with Crippen molar-refractivity contribution >= 4 is 40.2 Å². The molecular formula is C22H24Cl2N4O3. The summed E-state index contributed by atoms with van der Waals surface area (Å²) in [5.74, 6) is 1.81. The highest BCUT2D eigenvalue weighted by atomic mass is 35.5. The van der Waals surface area contributed by atoms with Crippen molar-refractivity contribution in [2.75, 3.05) is 19.5 Å². The lowest BCUT2D eigenvalue weighted by Crippen LogP contribution is -2.24. The van der Waals surface area contributed by atoms with Gasteiger partial charge in [0.1, 0.15) is 17.1 Å². The van der Waals surface area contributed by atoms with E-state index in [-0.39, 0.29) is 15.6 Å². The third-order valence-electron chi connectivity index (χ3n) is 5.97. The quantitative estimate of drug-likeness (QED) is 0.579. The van der Waals surface area contributed by atoms with Crippen molar-refractivity contribution in [3.05, 3.63) is 38.7 Å². The number of nitrogens with one attached hydrogen (secondary N) is 1. The zero-order valence-electron chi connectivity index (χ0n) is 17.8. The normalized spacial score (nSPS) is 18.4. The van der Waals surface area contributed by atoms with Gasteiger partial charge in [-0.05, 0) is 24.8 Å². The number of methoxy groups -OCH3 is 2. The fourth-order valence-corrected chi connectivity index (χ4v) is 4.85. The second kappa shape index (κ2) is 8.55. The Bertz CT molecular complexity index is 1180. The van der Waals surface area contributed by atoms with Crippen LogP contribution < -0.4 is 20.3 Å². The van der Waals surface area contributed by atoms with Crippen LogP contribution in [-0.2, 0) is 7.05 Å². The standard InChI is InChI=1S/C22H24Cl2N4O3/c1-11-6-5-7-14(11)26-22-25-10-12-8-13(21(29)28(2)20(12)27-22)17-18(23)15(30-3)9-16(31-4)19(17)24/h8-11,14H,5-7H2,1-4H3,(H,25,26,27)/t11-,14+/m0/s1. The number of aromatic nitrogens is 3. The first-order valence-electron chi connectivity index (χ1n) is 10.1. The van der Waals surface area contributed by atoms with Gasteiger partial charge in [0, 0.05) is 36.3 Å². The van der Waals surface area contributed by atoms with Gasteiger partial charge in [-0.25, -0.2) is 4.98 Å². The first kappa shape index (κ1) is 21.7. The monoisotopic (exact) mass is 462 g/mol. The lowest BCUT2D eigenvalue weighted by atomic mass is 10.0. The number of pyridine rings is 1. The minimum atomic E-state index is -0.287. The van der Waals surface area contributed by atoms with Crippen molar-refractivity contribution in [1.29, 1.82) is 0 Å². The summed E-state index contributed by atoms with van der Waals surface area (Å²) in [4.78, 5) is 22.4. The third kappa shape index (κ3) is 3.81. The number of nitrogens with zero attached hydrogens (tertiary/aromatic N) is 3. The molecule has 0 saturated heterocycles. The molecule has 0 radical (unpaired) electrons. The largest absolute Gasteiger partial charge is 0.495 e. The molecule has 7 nitrogen and oxygen atoms in total. The van der Waals surface area contributed by atoms with E-state index in [9.17, 15) is 4.79 Å². The van der Waals surface area contributed by atoms with Gasteiger partial charge in [0.05, 0.1) is 29.8 Å². The molecule has 31 heavy (non-hydrogen) atoms. The summed E-state index contributed by atoms with van der Waals surface area (Å²) in [6.45, 7) is 2.23. The van der Waals surface area contributed by atoms with Crippen molar-refractivity contribution in [2.24, 2.45) is 13.0 Å². The van der Waals surface area contributed by atoms with Crippen LogP contribution in [0.25, 0.3) is 22.2 Å². The Labute approximate surface area is 190 Å². The number of ether oxygens (including phenoxy) is 2. The molecule has 0 spiro atoms. The van der Waals surface area contributed by atoms with Crippen LogP contribution in [0.4, 0.5) is 5.95 Å². The highest BCUT2D eigenvalue weighted by Gasteiger charge is 2.25. The molecule has 0 aliphatic heterocycles. The van der Waals surface area contributed by atoms with E-state index in [0.717, 1.165) is 6.42 Å². The van der Waals surface area contributed by atoms with Crippen molar-refractivity contribution in [3.63, 3.8) is 0 Å². The van der Waals surface area contributed by atoms with Gasteiger partial charge in [0.25, 0.3) is 5.56 Å². The topological polar surface area (TPSA) is 78.3 Å². The van der Waals surface area contributed by atoms with Crippen molar-refractivity contribution in [3.8, 4) is 22.6 Å². The van der Waals surface area contributed by atoms with E-state index in [0.29, 0.717) is 51.6 Å². The van der Waals surface area contributed by atoms with Gasteiger partial charge in [0.2, 0.25) is 5.95 Å². The van der Waals surface area contributed by atoms with Crippen molar-refractivity contribution in [1.82, 2.24) is 14.5 Å². The van der Waals surface area contributed by atoms with Crippen LogP contribution in [0.2, 0.25) is 10.0 Å². The van der Waals surface area contributed by atoms with Gasteiger partial charge in [-0.2, -0.15) is 4.98 Å². The predicted molar refractivity (Wildman–Crippen MR) is 124 cm³/mol. The number of hydrogen-bond acceptors (Lipinski definition) is 6. The number of anilines is 1. The molecule has 1 fully saturated rings. The van der Waals surface area contributed by atoms with Gasteiger partial charge < -0.3 is 14.8 Å². The average Bonchev–Trinajstić information content (AvgIpc) is 3.16. The van der Waals surface area contributed by atoms with E-state index in [1.807, 2.05) is 0 Å². The van der Waals surface area contributed by atoms with Crippen LogP contribution in [0.1, 0.15) is 26.2 Å². The Morgan fingerprint density at radius 1 is 1.13 bits per heavy atom. The first-order chi connectivity index (χ1) is 14.8. The number of benzene rings is 1. The van der Waals surface area contributed by atoms with Gasteiger partial charge in [-0.15, -0.1) is 0 Å². The van der Waals surface area contributed by atoms with Crippen molar-refractivity contribution in [2.45, 2.75) is 32.2 Å². The lowest BCUT2D eigenvalue weighted by molar-refractivity contribution is 0.395. The van der Waals surface area contributed by atoms with Crippen LogP contribution in [0.15, 0.2) is 23.1 Å². The molecule has 1 saturated carbocycles. The molecule has 3 aromatic rings. The van der Waals surface area contributed by atoms with Crippen LogP contribution in [-0.4, -0.2) is 34.8 Å². The summed E-state index contributed by atoms with van der Waals surface area (Å²) in [7, 11) is 4.65. The van der Waals surface area contributed by atoms with E-state index >= 15 is 0 Å². The minimum Gasteiger partial charge on any atom is -0.495 e. The fourth-order valence-electron chi connectivity index (χ4n) is 4.14.